The second kappa shape index (κ2) is 7.16. The summed E-state index contributed by atoms with van der Waals surface area (Å²) in [5, 5.41) is 17.7. The predicted molar refractivity (Wildman–Crippen MR) is 78.1 cm³/mol. The zero-order valence-electron chi connectivity index (χ0n) is 12.8. The van der Waals surface area contributed by atoms with E-state index in [0.717, 1.165) is 0 Å². The van der Waals surface area contributed by atoms with E-state index in [0.29, 0.717) is 0 Å². The normalized spacial score (nSPS) is 12.5. The Balaban J connectivity index is 2.84. The number of halogens is 3. The number of nitrogens with one attached hydrogen (secondary N) is 1. The van der Waals surface area contributed by atoms with Gasteiger partial charge in [0, 0.05) is 5.57 Å². The first-order chi connectivity index (χ1) is 11.8. The molecule has 0 aliphatic heterocycles. The zero-order valence-corrected chi connectivity index (χ0v) is 12.8. The van der Waals surface area contributed by atoms with Crippen LogP contribution in [0.4, 0.5) is 13.2 Å². The van der Waals surface area contributed by atoms with Crippen LogP contribution in [-0.4, -0.2) is 39.1 Å². The number of benzene rings is 1. The molecular weight excluding hydrogens is 343 g/mol. The smallest absolute Gasteiger partial charge is 0.437 e. The van der Waals surface area contributed by atoms with E-state index in [1.54, 1.807) is 6.07 Å². The van der Waals surface area contributed by atoms with Gasteiger partial charge in [0.25, 0.3) is 0 Å². The van der Waals surface area contributed by atoms with Crippen LogP contribution in [0.1, 0.15) is 23.9 Å². The van der Waals surface area contributed by atoms with E-state index in [1.165, 1.54) is 31.2 Å². The minimum Gasteiger partial charge on any atom is -0.477 e. The summed E-state index contributed by atoms with van der Waals surface area (Å²) in [6.07, 6.45) is -4.90. The van der Waals surface area contributed by atoms with Gasteiger partial charge in [0.1, 0.15) is 5.69 Å². The summed E-state index contributed by atoms with van der Waals surface area (Å²) in [6.45, 7) is 1.29. The number of alkyl halides is 3. The highest BCUT2D eigenvalue weighted by Crippen LogP contribution is 2.36. The lowest BCUT2D eigenvalue weighted by Crippen LogP contribution is -2.19. The first kappa shape index (κ1) is 18.2. The summed E-state index contributed by atoms with van der Waals surface area (Å²) >= 11 is 0. The molecule has 0 amide bonds. The van der Waals surface area contributed by atoms with Gasteiger partial charge >= 0.3 is 18.1 Å². The molecule has 1 heterocycles. The highest BCUT2D eigenvalue weighted by molar-refractivity contribution is 6.21. The van der Waals surface area contributed by atoms with E-state index in [1.807, 2.05) is 5.21 Å². The standard InChI is InChI=1S/C15H12F3N3O4/c1-2-25-14(24)10(13(22)23)9(8-6-4-3-5-7-8)11-12(15(16,17)18)20-21-19-11/h3-7H,2H2,1H3,(H,22,23)(H,19,20,21)/b10-9-. The summed E-state index contributed by atoms with van der Waals surface area (Å²) in [4.78, 5) is 23.6. The third-order valence-electron chi connectivity index (χ3n) is 3.06. The number of aliphatic carboxylic acids is 1. The summed E-state index contributed by atoms with van der Waals surface area (Å²) in [5.41, 5.74) is -3.69. The molecule has 1 aromatic carbocycles. The summed E-state index contributed by atoms with van der Waals surface area (Å²) in [5.74, 6) is -3.02. The summed E-state index contributed by atoms with van der Waals surface area (Å²) in [6, 6.07) is 7.25. The molecule has 0 aliphatic carbocycles. The lowest BCUT2D eigenvalue weighted by atomic mass is 9.95. The highest BCUT2D eigenvalue weighted by atomic mass is 19.4. The van der Waals surface area contributed by atoms with Crippen LogP contribution in [0.25, 0.3) is 5.57 Å². The van der Waals surface area contributed by atoms with Crippen molar-refractivity contribution in [3.63, 3.8) is 0 Å². The maximum Gasteiger partial charge on any atom is 0.437 e. The molecule has 2 aromatic rings. The number of carboxylic acids is 1. The summed E-state index contributed by atoms with van der Waals surface area (Å²) in [7, 11) is 0. The third kappa shape index (κ3) is 3.84. The van der Waals surface area contributed by atoms with Gasteiger partial charge in [-0.2, -0.15) is 28.6 Å². The number of carbonyl (C=O) groups excluding carboxylic acids is 1. The number of esters is 1. The quantitative estimate of drug-likeness (QED) is 0.369. The Morgan fingerprint density at radius 2 is 1.84 bits per heavy atom. The zero-order chi connectivity index (χ0) is 18.6. The second-order valence-corrected chi connectivity index (χ2v) is 4.66. The van der Waals surface area contributed by atoms with E-state index < -0.39 is 40.6 Å². The maximum absolute atomic E-state index is 13.2. The third-order valence-corrected chi connectivity index (χ3v) is 3.06. The molecule has 0 bridgehead atoms. The Kier molecular flexibility index (Phi) is 5.20. The molecule has 0 unspecified atom stereocenters. The average Bonchev–Trinajstić information content (AvgIpc) is 3.02. The van der Waals surface area contributed by atoms with Crippen molar-refractivity contribution >= 4 is 17.5 Å². The molecule has 0 fully saturated rings. The van der Waals surface area contributed by atoms with Gasteiger partial charge in [-0.05, 0) is 12.5 Å². The highest BCUT2D eigenvalue weighted by Gasteiger charge is 2.40. The fraction of sp³-hybridized carbons (Fsp3) is 0.200. The van der Waals surface area contributed by atoms with Crippen LogP contribution in [0.2, 0.25) is 0 Å². The van der Waals surface area contributed by atoms with Gasteiger partial charge in [-0.25, -0.2) is 9.59 Å². The average molecular weight is 355 g/mol. The molecule has 0 saturated carbocycles. The van der Waals surface area contributed by atoms with Crippen LogP contribution in [0.15, 0.2) is 35.9 Å². The van der Waals surface area contributed by atoms with Crippen molar-refractivity contribution in [2.75, 3.05) is 6.61 Å². The Morgan fingerprint density at radius 1 is 1.20 bits per heavy atom. The molecule has 0 atom stereocenters. The van der Waals surface area contributed by atoms with Gasteiger partial charge in [0.05, 0.1) is 6.61 Å². The van der Waals surface area contributed by atoms with Crippen LogP contribution in [0.3, 0.4) is 0 Å². The predicted octanol–water partition coefficient (Wildman–Crippen LogP) is 2.27. The van der Waals surface area contributed by atoms with Crippen molar-refractivity contribution in [2.45, 2.75) is 13.1 Å². The number of rotatable bonds is 5. The molecule has 132 valence electrons. The van der Waals surface area contributed by atoms with Crippen molar-refractivity contribution in [1.29, 1.82) is 0 Å². The number of aromatic nitrogens is 3. The Labute approximate surface area is 139 Å². The number of nitrogens with zero attached hydrogens (tertiary/aromatic N) is 2. The maximum atomic E-state index is 13.2. The number of carboxylic acid groups (broad SMARTS) is 1. The fourth-order valence-electron chi connectivity index (χ4n) is 2.11. The minimum atomic E-state index is -4.90. The molecule has 0 saturated heterocycles. The number of H-pyrrole nitrogens is 1. The fourth-order valence-corrected chi connectivity index (χ4v) is 2.11. The van der Waals surface area contributed by atoms with Gasteiger partial charge in [-0.15, -0.1) is 0 Å². The van der Waals surface area contributed by atoms with E-state index in [4.69, 9.17) is 0 Å². The molecule has 0 radical (unpaired) electrons. The molecule has 25 heavy (non-hydrogen) atoms. The minimum absolute atomic E-state index is 0.0485. The van der Waals surface area contributed by atoms with E-state index in [2.05, 4.69) is 14.9 Å². The Bertz CT molecular complexity index is 813. The molecule has 0 spiro atoms. The first-order valence-electron chi connectivity index (χ1n) is 6.95. The molecular formula is C15H12F3N3O4. The van der Waals surface area contributed by atoms with Gasteiger partial charge in [0.15, 0.2) is 11.3 Å². The van der Waals surface area contributed by atoms with Crippen LogP contribution in [0.5, 0.6) is 0 Å². The van der Waals surface area contributed by atoms with Gasteiger partial charge in [-0.3, -0.25) is 0 Å². The first-order valence-corrected chi connectivity index (χ1v) is 6.95. The van der Waals surface area contributed by atoms with E-state index in [-0.39, 0.29) is 12.2 Å². The molecule has 2 N–H and O–H groups in total. The van der Waals surface area contributed by atoms with Gasteiger partial charge in [0.2, 0.25) is 0 Å². The SMILES string of the molecule is CCOC(=O)/C(C(=O)O)=C(/c1ccccc1)c1n[nH]nc1C(F)(F)F. The molecule has 2 rings (SSSR count). The van der Waals surface area contributed by atoms with Crippen molar-refractivity contribution in [1.82, 2.24) is 15.4 Å². The number of hydrogen-bond donors (Lipinski definition) is 2. The van der Waals surface area contributed by atoms with Crippen LogP contribution < -0.4 is 0 Å². The Morgan fingerprint density at radius 3 is 2.36 bits per heavy atom. The monoisotopic (exact) mass is 355 g/mol. The van der Waals surface area contributed by atoms with Crippen molar-refractivity contribution in [3.8, 4) is 0 Å². The van der Waals surface area contributed by atoms with Crippen molar-refractivity contribution < 1.29 is 32.6 Å². The van der Waals surface area contributed by atoms with Crippen LogP contribution in [0, 0.1) is 0 Å². The summed E-state index contributed by atoms with van der Waals surface area (Å²) < 4.78 is 44.2. The molecule has 10 heteroatoms. The van der Waals surface area contributed by atoms with Crippen LogP contribution >= 0.6 is 0 Å². The van der Waals surface area contributed by atoms with Gasteiger partial charge < -0.3 is 9.84 Å². The number of hydrogen-bond acceptors (Lipinski definition) is 5. The molecule has 1 aromatic heterocycles. The van der Waals surface area contributed by atoms with Gasteiger partial charge in [-0.1, -0.05) is 30.3 Å². The topological polar surface area (TPSA) is 105 Å². The Hall–Kier alpha value is -3.17. The second-order valence-electron chi connectivity index (χ2n) is 4.66. The van der Waals surface area contributed by atoms with E-state index >= 15 is 0 Å². The number of ether oxygens (including phenoxy) is 1. The largest absolute Gasteiger partial charge is 0.477 e. The lowest BCUT2D eigenvalue weighted by Gasteiger charge is -2.12. The number of carbonyl (C=O) groups is 2. The molecule has 7 nitrogen and oxygen atoms in total. The molecule has 0 aliphatic rings. The van der Waals surface area contributed by atoms with E-state index in [9.17, 15) is 27.9 Å². The van der Waals surface area contributed by atoms with Crippen molar-refractivity contribution in [3.05, 3.63) is 52.9 Å². The lowest BCUT2D eigenvalue weighted by molar-refractivity contribution is -0.144. The van der Waals surface area contributed by atoms with Crippen molar-refractivity contribution in [2.24, 2.45) is 0 Å². The van der Waals surface area contributed by atoms with Crippen LogP contribution in [-0.2, 0) is 20.5 Å². The number of aromatic amines is 1.